The van der Waals surface area contributed by atoms with Gasteiger partial charge in [0.05, 0.1) is 19.3 Å². The van der Waals surface area contributed by atoms with Crippen molar-refractivity contribution in [1.82, 2.24) is 5.32 Å². The van der Waals surface area contributed by atoms with Gasteiger partial charge in [-0.3, -0.25) is 0 Å². The molecule has 0 aromatic heterocycles. The number of hydrogen-bond donors (Lipinski definition) is 1. The van der Waals surface area contributed by atoms with Crippen molar-refractivity contribution in [3.63, 3.8) is 0 Å². The van der Waals surface area contributed by atoms with E-state index in [1.54, 1.807) is 14.2 Å². The molecule has 14 heavy (non-hydrogen) atoms. The third-order valence-electron chi connectivity index (χ3n) is 1.33. The molecule has 0 aliphatic carbocycles. The van der Waals surface area contributed by atoms with Gasteiger partial charge >= 0.3 is 0 Å². The molecule has 0 saturated carbocycles. The Bertz CT molecular complexity index is 118. The molecule has 0 fully saturated rings. The van der Waals surface area contributed by atoms with Crippen LogP contribution < -0.4 is 5.32 Å². The Morgan fingerprint density at radius 3 is 1.86 bits per heavy atom. The van der Waals surface area contributed by atoms with Gasteiger partial charge < -0.3 is 14.8 Å². The Morgan fingerprint density at radius 1 is 1.14 bits per heavy atom. The molecule has 0 aromatic rings. The molecule has 0 aliphatic rings. The number of nitrogens with one attached hydrogen (secondary N) is 1. The monoisotopic (exact) mass is 202 g/mol. The van der Waals surface area contributed by atoms with Crippen LogP contribution in [0.1, 0.15) is 19.8 Å². The van der Waals surface area contributed by atoms with Crippen molar-refractivity contribution in [2.75, 3.05) is 40.5 Å². The first kappa shape index (κ1) is 15.8. The Balaban J connectivity index is 0. The topological polar surface area (TPSA) is 54.3 Å². The summed E-state index contributed by atoms with van der Waals surface area (Å²) >= 11 is 0. The van der Waals surface area contributed by atoms with Crippen molar-refractivity contribution in [2.24, 2.45) is 0 Å². The largest absolute Gasteiger partial charge is 0.383 e. The van der Waals surface area contributed by atoms with E-state index in [9.17, 15) is 0 Å². The van der Waals surface area contributed by atoms with Crippen molar-refractivity contribution in [3.8, 4) is 6.07 Å². The van der Waals surface area contributed by atoms with E-state index in [2.05, 4.69) is 5.32 Å². The lowest BCUT2D eigenvalue weighted by Gasteiger charge is -2.01. The van der Waals surface area contributed by atoms with E-state index in [0.29, 0.717) is 6.42 Å². The molecule has 0 bridgehead atoms. The van der Waals surface area contributed by atoms with Crippen LogP contribution in [0.4, 0.5) is 0 Å². The third-order valence-corrected chi connectivity index (χ3v) is 1.33. The summed E-state index contributed by atoms with van der Waals surface area (Å²) in [5, 5.41) is 11.0. The second kappa shape index (κ2) is 18.2. The first-order valence-corrected chi connectivity index (χ1v) is 4.89. The van der Waals surface area contributed by atoms with Gasteiger partial charge in [0.25, 0.3) is 0 Å². The summed E-state index contributed by atoms with van der Waals surface area (Å²) in [6.07, 6.45) is 1.68. The van der Waals surface area contributed by atoms with Crippen LogP contribution in [0.5, 0.6) is 0 Å². The Hall–Kier alpha value is -0.630. The van der Waals surface area contributed by atoms with Gasteiger partial charge in [-0.2, -0.15) is 5.26 Å². The van der Waals surface area contributed by atoms with Gasteiger partial charge in [0.2, 0.25) is 0 Å². The summed E-state index contributed by atoms with van der Waals surface area (Å²) < 4.78 is 9.64. The van der Waals surface area contributed by atoms with Crippen LogP contribution in [0.15, 0.2) is 0 Å². The van der Waals surface area contributed by atoms with Crippen molar-refractivity contribution in [3.05, 3.63) is 0 Å². The SMILES string of the molecule is CCCC#N.COCCNCCOC. The van der Waals surface area contributed by atoms with Crippen LogP contribution >= 0.6 is 0 Å². The zero-order valence-corrected chi connectivity index (χ0v) is 9.51. The predicted octanol–water partition coefficient (Wildman–Crippen LogP) is 1.18. The Kier molecular flexibility index (Phi) is 20.6. The maximum absolute atomic E-state index is 7.82. The molecule has 0 unspecified atom stereocenters. The second-order valence-electron chi connectivity index (χ2n) is 2.64. The van der Waals surface area contributed by atoms with Crippen molar-refractivity contribution >= 4 is 0 Å². The number of nitriles is 1. The molecular formula is C10H22N2O2. The molecular weight excluding hydrogens is 180 g/mol. The van der Waals surface area contributed by atoms with Crippen LogP contribution in [0.25, 0.3) is 0 Å². The lowest BCUT2D eigenvalue weighted by Crippen LogP contribution is -2.23. The van der Waals surface area contributed by atoms with Crippen LogP contribution in [-0.4, -0.2) is 40.5 Å². The minimum Gasteiger partial charge on any atom is -0.383 e. The average Bonchev–Trinajstić information content (AvgIpc) is 2.20. The van der Waals surface area contributed by atoms with Crippen molar-refractivity contribution < 1.29 is 9.47 Å². The Labute approximate surface area is 87.2 Å². The van der Waals surface area contributed by atoms with E-state index >= 15 is 0 Å². The van der Waals surface area contributed by atoms with E-state index in [4.69, 9.17) is 14.7 Å². The molecule has 4 nitrogen and oxygen atoms in total. The fraction of sp³-hybridized carbons (Fsp3) is 0.900. The molecule has 4 heteroatoms. The molecule has 0 rings (SSSR count). The van der Waals surface area contributed by atoms with Gasteiger partial charge in [0.15, 0.2) is 0 Å². The number of unbranched alkanes of at least 4 members (excludes halogenated alkanes) is 1. The van der Waals surface area contributed by atoms with E-state index in [1.165, 1.54) is 0 Å². The maximum atomic E-state index is 7.82. The molecule has 1 N–H and O–H groups in total. The number of hydrogen-bond acceptors (Lipinski definition) is 4. The minimum absolute atomic E-state index is 0.694. The first-order chi connectivity index (χ1) is 6.83. The molecule has 0 atom stereocenters. The summed E-state index contributed by atoms with van der Waals surface area (Å²) in [6.45, 7) is 5.33. The quantitative estimate of drug-likeness (QED) is 0.630. The van der Waals surface area contributed by atoms with E-state index < -0.39 is 0 Å². The molecule has 0 saturated heterocycles. The molecule has 0 radical (unpaired) electrons. The number of methoxy groups -OCH3 is 2. The fourth-order valence-corrected chi connectivity index (χ4v) is 0.585. The fourth-order valence-electron chi connectivity index (χ4n) is 0.585. The van der Waals surface area contributed by atoms with Crippen LogP contribution in [-0.2, 0) is 9.47 Å². The standard InChI is InChI=1S/C6H15NO2.C4H7N/c1-8-5-3-7-4-6-9-2;1-2-3-4-5/h7H,3-6H2,1-2H3;2-3H2,1H3. The second-order valence-corrected chi connectivity index (χ2v) is 2.64. The highest BCUT2D eigenvalue weighted by molar-refractivity contribution is 4.65. The molecule has 0 amide bonds. The van der Waals surface area contributed by atoms with Crippen LogP contribution in [0.2, 0.25) is 0 Å². The van der Waals surface area contributed by atoms with Gasteiger partial charge in [-0.25, -0.2) is 0 Å². The van der Waals surface area contributed by atoms with Crippen molar-refractivity contribution in [1.29, 1.82) is 5.26 Å². The number of ether oxygens (including phenoxy) is 2. The molecule has 0 spiro atoms. The predicted molar refractivity (Wildman–Crippen MR) is 57.1 cm³/mol. The lowest BCUT2D eigenvalue weighted by molar-refractivity contribution is 0.180. The molecule has 0 aromatic carbocycles. The molecule has 0 aliphatic heterocycles. The zero-order chi connectivity index (χ0) is 11.1. The molecule has 84 valence electrons. The van der Waals surface area contributed by atoms with Crippen molar-refractivity contribution in [2.45, 2.75) is 19.8 Å². The highest BCUT2D eigenvalue weighted by Crippen LogP contribution is 1.77. The van der Waals surface area contributed by atoms with Crippen LogP contribution in [0.3, 0.4) is 0 Å². The van der Waals surface area contributed by atoms with Gasteiger partial charge in [-0.1, -0.05) is 6.92 Å². The normalized spacial score (nSPS) is 8.71. The summed E-state index contributed by atoms with van der Waals surface area (Å²) in [5.74, 6) is 0. The number of rotatable bonds is 7. The van der Waals surface area contributed by atoms with E-state index in [1.807, 2.05) is 13.0 Å². The maximum Gasteiger partial charge on any atom is 0.0621 e. The highest BCUT2D eigenvalue weighted by atomic mass is 16.5. The third kappa shape index (κ3) is 22.5. The van der Waals surface area contributed by atoms with Gasteiger partial charge in [0.1, 0.15) is 0 Å². The smallest absolute Gasteiger partial charge is 0.0621 e. The summed E-state index contributed by atoms with van der Waals surface area (Å²) in [5.41, 5.74) is 0. The average molecular weight is 202 g/mol. The highest BCUT2D eigenvalue weighted by Gasteiger charge is 1.83. The summed E-state index contributed by atoms with van der Waals surface area (Å²) in [6, 6.07) is 2.02. The number of nitrogens with zero attached hydrogens (tertiary/aromatic N) is 1. The summed E-state index contributed by atoms with van der Waals surface area (Å²) in [7, 11) is 3.38. The van der Waals surface area contributed by atoms with Crippen LogP contribution in [0, 0.1) is 11.3 Å². The summed E-state index contributed by atoms with van der Waals surface area (Å²) in [4.78, 5) is 0. The minimum atomic E-state index is 0.694. The van der Waals surface area contributed by atoms with E-state index in [-0.39, 0.29) is 0 Å². The van der Waals surface area contributed by atoms with Gasteiger partial charge in [-0.05, 0) is 6.42 Å². The van der Waals surface area contributed by atoms with E-state index in [0.717, 1.165) is 32.7 Å². The lowest BCUT2D eigenvalue weighted by atomic mass is 10.4. The first-order valence-electron chi connectivity index (χ1n) is 4.89. The Morgan fingerprint density at radius 2 is 1.64 bits per heavy atom. The van der Waals surface area contributed by atoms with Gasteiger partial charge in [-0.15, -0.1) is 0 Å². The molecule has 0 heterocycles. The zero-order valence-electron chi connectivity index (χ0n) is 9.51. The van der Waals surface area contributed by atoms with Gasteiger partial charge in [0, 0.05) is 33.7 Å².